The number of aryl methyl sites for hydroxylation is 1. The summed E-state index contributed by atoms with van der Waals surface area (Å²) >= 11 is 10.2. The molecule has 0 saturated carbocycles. The first kappa shape index (κ1) is 15.5. The molecule has 0 fully saturated rings. The number of aromatic nitrogens is 2. The maximum absolute atomic E-state index is 12.4. The highest BCUT2D eigenvalue weighted by molar-refractivity contribution is 9.11. The van der Waals surface area contributed by atoms with Gasteiger partial charge < -0.3 is 11.1 Å². The highest BCUT2D eigenvalue weighted by atomic mass is 79.9. The van der Waals surface area contributed by atoms with Crippen molar-refractivity contribution < 1.29 is 4.79 Å². The lowest BCUT2D eigenvalue weighted by molar-refractivity contribution is 0.101. The van der Waals surface area contributed by atoms with Crippen LogP contribution < -0.4 is 11.1 Å². The van der Waals surface area contributed by atoms with Crippen LogP contribution in [0, 0.1) is 0 Å². The maximum atomic E-state index is 12.4. The normalized spacial score (nSPS) is 10.6. The lowest BCUT2D eigenvalue weighted by Gasteiger charge is -2.11. The molecule has 0 atom stereocenters. The summed E-state index contributed by atoms with van der Waals surface area (Å²) in [6.45, 7) is 2.47. The van der Waals surface area contributed by atoms with Crippen LogP contribution in [0.1, 0.15) is 17.4 Å². The fourth-order valence-electron chi connectivity index (χ4n) is 1.72. The lowest BCUT2D eigenvalue weighted by Crippen LogP contribution is -2.19. The van der Waals surface area contributed by atoms with E-state index in [1.807, 2.05) is 19.1 Å². The van der Waals surface area contributed by atoms with Crippen molar-refractivity contribution in [3.05, 3.63) is 37.4 Å². The summed E-state index contributed by atoms with van der Waals surface area (Å²) in [6, 6.07) is 3.70. The number of anilines is 2. The van der Waals surface area contributed by atoms with Crippen LogP contribution in [0.4, 0.5) is 11.4 Å². The molecule has 0 saturated heterocycles. The van der Waals surface area contributed by atoms with Gasteiger partial charge in [-0.1, -0.05) is 15.9 Å². The van der Waals surface area contributed by atoms with Crippen LogP contribution in [0.3, 0.4) is 0 Å². The van der Waals surface area contributed by atoms with Gasteiger partial charge >= 0.3 is 0 Å². The predicted molar refractivity (Wildman–Crippen MR) is 89.8 cm³/mol. The second kappa shape index (κ2) is 6.28. The first-order chi connectivity index (χ1) is 9.43. The van der Waals surface area contributed by atoms with E-state index in [2.05, 4.69) is 58.2 Å². The number of benzene rings is 1. The molecule has 1 amide bonds. The summed E-state index contributed by atoms with van der Waals surface area (Å²) in [7, 11) is 0. The molecule has 0 aliphatic carbocycles. The Kier molecular flexibility index (Phi) is 4.87. The number of rotatable bonds is 3. The molecule has 5 nitrogen and oxygen atoms in total. The van der Waals surface area contributed by atoms with E-state index in [4.69, 9.17) is 5.73 Å². The van der Waals surface area contributed by atoms with Crippen LogP contribution in [-0.4, -0.2) is 15.7 Å². The van der Waals surface area contributed by atoms with Crippen LogP contribution in [0.5, 0.6) is 0 Å². The molecule has 1 aromatic carbocycles. The average molecular weight is 467 g/mol. The van der Waals surface area contributed by atoms with Gasteiger partial charge in [0.2, 0.25) is 0 Å². The average Bonchev–Trinajstić information content (AvgIpc) is 2.74. The molecule has 3 N–H and O–H groups in total. The molecule has 2 rings (SSSR count). The third-order valence-electron chi connectivity index (χ3n) is 2.63. The third kappa shape index (κ3) is 3.07. The van der Waals surface area contributed by atoms with E-state index in [-0.39, 0.29) is 5.91 Å². The fourth-order valence-corrected chi connectivity index (χ4v) is 4.18. The van der Waals surface area contributed by atoms with E-state index >= 15 is 0 Å². The number of nitrogen functional groups attached to an aromatic ring is 1. The zero-order chi connectivity index (χ0) is 14.9. The number of nitrogens with two attached hydrogens (primary N) is 1. The molecule has 8 heteroatoms. The van der Waals surface area contributed by atoms with Crippen molar-refractivity contribution in [3.8, 4) is 0 Å². The van der Waals surface area contributed by atoms with Crippen LogP contribution >= 0.6 is 47.8 Å². The van der Waals surface area contributed by atoms with Gasteiger partial charge in [-0.05, 0) is 50.9 Å². The molecule has 1 heterocycles. The van der Waals surface area contributed by atoms with Gasteiger partial charge in [-0.15, -0.1) is 0 Å². The standard InChI is InChI=1S/C12H11Br3N4O/c1-2-19-11(9(16)5-17-19)12(20)18-10-7(14)3-6(13)4-8(10)15/h3-5H,2,16H2,1H3,(H,18,20). The smallest absolute Gasteiger partial charge is 0.276 e. The van der Waals surface area contributed by atoms with Crippen molar-refractivity contribution in [1.82, 2.24) is 9.78 Å². The van der Waals surface area contributed by atoms with Gasteiger partial charge in [0.15, 0.2) is 0 Å². The molecule has 0 spiro atoms. The van der Waals surface area contributed by atoms with Crippen molar-refractivity contribution in [2.45, 2.75) is 13.5 Å². The van der Waals surface area contributed by atoms with Crippen molar-refractivity contribution >= 4 is 65.1 Å². The molecule has 20 heavy (non-hydrogen) atoms. The summed E-state index contributed by atoms with van der Waals surface area (Å²) < 4.78 is 3.97. The Morgan fingerprint density at radius 1 is 1.35 bits per heavy atom. The number of halogens is 3. The van der Waals surface area contributed by atoms with E-state index in [0.717, 1.165) is 13.4 Å². The highest BCUT2D eigenvalue weighted by Crippen LogP contribution is 2.34. The molecule has 0 radical (unpaired) electrons. The van der Waals surface area contributed by atoms with Crippen molar-refractivity contribution in [3.63, 3.8) is 0 Å². The molecule has 1 aromatic heterocycles. The van der Waals surface area contributed by atoms with Gasteiger partial charge in [-0.3, -0.25) is 9.48 Å². The first-order valence-electron chi connectivity index (χ1n) is 5.71. The van der Waals surface area contributed by atoms with E-state index in [1.54, 1.807) is 4.68 Å². The first-order valence-corrected chi connectivity index (χ1v) is 8.09. The molecule has 2 aromatic rings. The molecule has 0 unspecified atom stereocenters. The summed E-state index contributed by atoms with van der Waals surface area (Å²) in [5, 5.41) is 6.89. The Hall–Kier alpha value is -0.860. The Morgan fingerprint density at radius 2 is 1.95 bits per heavy atom. The van der Waals surface area contributed by atoms with Gasteiger partial charge in [-0.25, -0.2) is 0 Å². The quantitative estimate of drug-likeness (QED) is 0.717. The Bertz CT molecular complexity index is 646. The minimum Gasteiger partial charge on any atom is -0.396 e. The number of carbonyl (C=O) groups is 1. The maximum Gasteiger partial charge on any atom is 0.276 e. The molecule has 0 aliphatic heterocycles. The predicted octanol–water partition coefficient (Wildman–Crippen LogP) is 4.03. The van der Waals surface area contributed by atoms with Gasteiger partial charge in [0, 0.05) is 20.0 Å². The summed E-state index contributed by atoms with van der Waals surface area (Å²) in [6.07, 6.45) is 1.48. The van der Waals surface area contributed by atoms with Gasteiger partial charge in [0.1, 0.15) is 5.69 Å². The van der Waals surface area contributed by atoms with Crippen molar-refractivity contribution in [1.29, 1.82) is 0 Å². The SMILES string of the molecule is CCn1ncc(N)c1C(=O)Nc1c(Br)cc(Br)cc1Br. The topological polar surface area (TPSA) is 72.9 Å². The van der Waals surface area contributed by atoms with E-state index in [1.165, 1.54) is 6.20 Å². The number of hydrogen-bond donors (Lipinski definition) is 2. The zero-order valence-electron chi connectivity index (χ0n) is 10.5. The van der Waals surface area contributed by atoms with Crippen molar-refractivity contribution in [2.75, 3.05) is 11.1 Å². The number of hydrogen-bond acceptors (Lipinski definition) is 3. The van der Waals surface area contributed by atoms with Gasteiger partial charge in [0.05, 0.1) is 17.6 Å². The second-order valence-corrected chi connectivity index (χ2v) is 6.59. The van der Waals surface area contributed by atoms with Crippen LogP contribution in [-0.2, 0) is 6.54 Å². The monoisotopic (exact) mass is 464 g/mol. The van der Waals surface area contributed by atoms with Gasteiger partial charge in [0.25, 0.3) is 5.91 Å². The lowest BCUT2D eigenvalue weighted by atomic mass is 10.3. The highest BCUT2D eigenvalue weighted by Gasteiger charge is 2.18. The van der Waals surface area contributed by atoms with Gasteiger partial charge in [-0.2, -0.15) is 5.10 Å². The molecule has 106 valence electrons. The third-order valence-corrected chi connectivity index (χ3v) is 4.34. The minimum absolute atomic E-state index is 0.300. The van der Waals surface area contributed by atoms with Crippen LogP contribution in [0.2, 0.25) is 0 Å². The summed E-state index contributed by atoms with van der Waals surface area (Å²) in [5.41, 5.74) is 7.15. The van der Waals surface area contributed by atoms with Crippen LogP contribution in [0.25, 0.3) is 0 Å². The molecular formula is C12H11Br3N4O. The largest absolute Gasteiger partial charge is 0.396 e. The molecule has 0 aliphatic rings. The summed E-state index contributed by atoms with van der Waals surface area (Å²) in [5.74, 6) is -0.300. The number of amides is 1. The Morgan fingerprint density at radius 3 is 2.50 bits per heavy atom. The Labute approximate surface area is 141 Å². The number of nitrogens with zero attached hydrogens (tertiary/aromatic N) is 2. The zero-order valence-corrected chi connectivity index (χ0v) is 15.2. The molecular weight excluding hydrogens is 456 g/mol. The summed E-state index contributed by atoms with van der Waals surface area (Å²) in [4.78, 5) is 12.4. The number of carbonyl (C=O) groups excluding carboxylic acids is 1. The van der Waals surface area contributed by atoms with Crippen molar-refractivity contribution in [2.24, 2.45) is 0 Å². The van der Waals surface area contributed by atoms with E-state index < -0.39 is 0 Å². The number of nitrogens with one attached hydrogen (secondary N) is 1. The fraction of sp³-hybridized carbons (Fsp3) is 0.167. The second-order valence-electron chi connectivity index (χ2n) is 3.96. The van der Waals surface area contributed by atoms with E-state index in [0.29, 0.717) is 23.6 Å². The van der Waals surface area contributed by atoms with E-state index in [9.17, 15) is 4.79 Å². The van der Waals surface area contributed by atoms with Crippen LogP contribution in [0.15, 0.2) is 31.7 Å². The molecule has 0 bridgehead atoms. The Balaban J connectivity index is 2.35. The minimum atomic E-state index is -0.300.